The number of nitrogens with zero attached hydrogens (tertiary/aromatic N) is 2. The van der Waals surface area contributed by atoms with Gasteiger partial charge in [-0.2, -0.15) is 0 Å². The first-order valence-corrected chi connectivity index (χ1v) is 7.40. The highest BCUT2D eigenvalue weighted by molar-refractivity contribution is 5.84. The topological polar surface area (TPSA) is 65.2 Å². The van der Waals surface area contributed by atoms with Crippen molar-refractivity contribution in [3.05, 3.63) is 72.3 Å². The Morgan fingerprint density at radius 3 is 2.04 bits per heavy atom. The van der Waals surface area contributed by atoms with Gasteiger partial charge in [0.2, 0.25) is 0 Å². The van der Waals surface area contributed by atoms with Crippen LogP contribution in [0.5, 0.6) is 11.5 Å². The third-order valence-corrected chi connectivity index (χ3v) is 3.28. The molecule has 1 atom stereocenters. The summed E-state index contributed by atoms with van der Waals surface area (Å²) in [4.78, 5) is 8.81. The molecule has 0 aromatic heterocycles. The summed E-state index contributed by atoms with van der Waals surface area (Å²) in [6.07, 6.45) is 5.77. The lowest BCUT2D eigenvalue weighted by atomic mass is 10.2. The number of rotatable bonds is 7. The van der Waals surface area contributed by atoms with Crippen LogP contribution in [0.4, 0.5) is 0 Å². The number of hydrogen-bond acceptors (Lipinski definition) is 4. The maximum atomic E-state index is 9.74. The van der Waals surface area contributed by atoms with Crippen LogP contribution in [-0.4, -0.2) is 35.2 Å². The number of aliphatic imine (C=N–C) groups is 2. The average molecular weight is 308 g/mol. The molecule has 0 fully saturated rings. The summed E-state index contributed by atoms with van der Waals surface area (Å²) in [6.45, 7) is 4.21. The van der Waals surface area contributed by atoms with Crippen LogP contribution in [0, 0.1) is 0 Å². The van der Waals surface area contributed by atoms with Gasteiger partial charge in [-0.15, -0.1) is 6.58 Å². The zero-order valence-electron chi connectivity index (χ0n) is 12.8. The van der Waals surface area contributed by atoms with Gasteiger partial charge in [0.05, 0.1) is 12.6 Å². The Labute approximate surface area is 136 Å². The maximum absolute atomic E-state index is 9.74. The monoisotopic (exact) mass is 308 g/mol. The normalized spacial score (nSPS) is 12.7. The standard InChI is InChI=1S/C19H20N2O2/c1-2-7-17(21-13-16-9-4-6-11-19(16)23)14-20-12-15-8-3-5-10-18(15)22/h2-6,8-13,17,22-23H,1,7,14H2. The van der Waals surface area contributed by atoms with E-state index in [1.54, 1.807) is 54.9 Å². The second-order valence-corrected chi connectivity index (χ2v) is 5.07. The molecule has 2 aromatic carbocycles. The molecule has 2 rings (SSSR count). The van der Waals surface area contributed by atoms with Gasteiger partial charge in [-0.05, 0) is 30.7 Å². The summed E-state index contributed by atoms with van der Waals surface area (Å²) < 4.78 is 0. The third kappa shape index (κ3) is 5.11. The lowest BCUT2D eigenvalue weighted by Crippen LogP contribution is -2.08. The van der Waals surface area contributed by atoms with Crippen LogP contribution in [0.3, 0.4) is 0 Å². The number of phenolic OH excluding ortho intramolecular Hbond substituents is 2. The first kappa shape index (κ1) is 16.5. The molecular formula is C19H20N2O2. The second kappa shape index (κ2) is 8.54. The van der Waals surface area contributed by atoms with E-state index in [9.17, 15) is 10.2 Å². The van der Waals surface area contributed by atoms with Crippen molar-refractivity contribution >= 4 is 12.4 Å². The van der Waals surface area contributed by atoms with E-state index in [0.717, 1.165) is 0 Å². The molecule has 0 aliphatic rings. The van der Waals surface area contributed by atoms with Gasteiger partial charge in [0.1, 0.15) is 11.5 Å². The van der Waals surface area contributed by atoms with Crippen LogP contribution >= 0.6 is 0 Å². The first-order chi connectivity index (χ1) is 11.2. The summed E-state index contributed by atoms with van der Waals surface area (Å²) in [6, 6.07) is 14.0. The number of phenols is 2. The highest BCUT2D eigenvalue weighted by Crippen LogP contribution is 2.14. The molecule has 0 saturated heterocycles. The zero-order valence-corrected chi connectivity index (χ0v) is 12.8. The van der Waals surface area contributed by atoms with E-state index in [4.69, 9.17) is 0 Å². The fraction of sp³-hybridized carbons (Fsp3) is 0.158. The van der Waals surface area contributed by atoms with Gasteiger partial charge in [-0.1, -0.05) is 30.3 Å². The molecule has 4 heteroatoms. The zero-order chi connectivity index (χ0) is 16.5. The Morgan fingerprint density at radius 1 is 0.913 bits per heavy atom. The smallest absolute Gasteiger partial charge is 0.124 e. The van der Waals surface area contributed by atoms with E-state index < -0.39 is 0 Å². The average Bonchev–Trinajstić information content (AvgIpc) is 2.55. The van der Waals surface area contributed by atoms with E-state index >= 15 is 0 Å². The Bertz CT molecular complexity index is 708. The van der Waals surface area contributed by atoms with Crippen molar-refractivity contribution in [2.75, 3.05) is 6.54 Å². The molecule has 0 spiro atoms. The quantitative estimate of drug-likeness (QED) is 0.606. The van der Waals surface area contributed by atoms with Crippen molar-refractivity contribution in [3.8, 4) is 11.5 Å². The molecule has 4 nitrogen and oxygen atoms in total. The molecule has 0 radical (unpaired) electrons. The van der Waals surface area contributed by atoms with Gasteiger partial charge in [-0.3, -0.25) is 9.98 Å². The van der Waals surface area contributed by atoms with Gasteiger partial charge >= 0.3 is 0 Å². The first-order valence-electron chi connectivity index (χ1n) is 7.40. The van der Waals surface area contributed by atoms with Crippen molar-refractivity contribution in [2.45, 2.75) is 12.5 Å². The van der Waals surface area contributed by atoms with Gasteiger partial charge in [-0.25, -0.2) is 0 Å². The summed E-state index contributed by atoms with van der Waals surface area (Å²) >= 11 is 0. The molecule has 2 N–H and O–H groups in total. The van der Waals surface area contributed by atoms with Crippen LogP contribution in [0.2, 0.25) is 0 Å². The minimum Gasteiger partial charge on any atom is -0.507 e. The SMILES string of the molecule is C=CCC(CN=Cc1ccccc1O)N=Cc1ccccc1O. The van der Waals surface area contributed by atoms with Gasteiger partial charge < -0.3 is 10.2 Å². The van der Waals surface area contributed by atoms with E-state index in [1.807, 2.05) is 12.1 Å². The Morgan fingerprint density at radius 2 is 1.48 bits per heavy atom. The van der Waals surface area contributed by atoms with E-state index in [2.05, 4.69) is 16.6 Å². The Balaban J connectivity index is 2.03. The van der Waals surface area contributed by atoms with E-state index in [-0.39, 0.29) is 17.5 Å². The summed E-state index contributed by atoms with van der Waals surface area (Å²) in [5.74, 6) is 0.403. The molecule has 1 unspecified atom stereocenters. The molecular weight excluding hydrogens is 288 g/mol. The van der Waals surface area contributed by atoms with Crippen LogP contribution in [0.25, 0.3) is 0 Å². The largest absolute Gasteiger partial charge is 0.507 e. The van der Waals surface area contributed by atoms with Crippen LogP contribution < -0.4 is 0 Å². The van der Waals surface area contributed by atoms with Crippen molar-refractivity contribution < 1.29 is 10.2 Å². The minimum absolute atomic E-state index is 0.0609. The van der Waals surface area contributed by atoms with Crippen molar-refractivity contribution in [1.82, 2.24) is 0 Å². The van der Waals surface area contributed by atoms with Crippen LogP contribution in [0.1, 0.15) is 17.5 Å². The summed E-state index contributed by atoms with van der Waals surface area (Å²) in [5, 5.41) is 19.4. The molecule has 0 bridgehead atoms. The Kier molecular flexibility index (Phi) is 6.12. The van der Waals surface area contributed by atoms with Crippen molar-refractivity contribution in [3.63, 3.8) is 0 Å². The summed E-state index contributed by atoms with van der Waals surface area (Å²) in [5.41, 5.74) is 1.35. The number of benzene rings is 2. The Hall–Kier alpha value is -2.88. The molecule has 0 amide bonds. The molecule has 0 aliphatic carbocycles. The highest BCUT2D eigenvalue weighted by atomic mass is 16.3. The lowest BCUT2D eigenvalue weighted by Gasteiger charge is -2.07. The molecule has 0 aliphatic heterocycles. The predicted octanol–water partition coefficient (Wildman–Crippen LogP) is 3.58. The van der Waals surface area contributed by atoms with Crippen molar-refractivity contribution in [1.29, 1.82) is 0 Å². The molecule has 2 aromatic rings. The van der Waals surface area contributed by atoms with Crippen molar-refractivity contribution in [2.24, 2.45) is 9.98 Å². The molecule has 0 saturated carbocycles. The van der Waals surface area contributed by atoms with Gasteiger partial charge in [0.15, 0.2) is 0 Å². The number of para-hydroxylation sites is 2. The second-order valence-electron chi connectivity index (χ2n) is 5.07. The fourth-order valence-corrected chi connectivity index (χ4v) is 2.03. The van der Waals surface area contributed by atoms with Gasteiger partial charge in [0, 0.05) is 23.6 Å². The lowest BCUT2D eigenvalue weighted by molar-refractivity contribution is 0.474. The van der Waals surface area contributed by atoms with Crippen LogP contribution in [0.15, 0.2) is 71.2 Å². The third-order valence-electron chi connectivity index (χ3n) is 3.28. The number of aromatic hydroxyl groups is 2. The maximum Gasteiger partial charge on any atom is 0.124 e. The van der Waals surface area contributed by atoms with Gasteiger partial charge in [0.25, 0.3) is 0 Å². The van der Waals surface area contributed by atoms with Crippen LogP contribution in [-0.2, 0) is 0 Å². The van der Waals surface area contributed by atoms with E-state index in [0.29, 0.717) is 24.1 Å². The predicted molar refractivity (Wildman–Crippen MR) is 94.9 cm³/mol. The molecule has 118 valence electrons. The molecule has 23 heavy (non-hydrogen) atoms. The minimum atomic E-state index is -0.0609. The number of hydrogen-bond donors (Lipinski definition) is 2. The fourth-order valence-electron chi connectivity index (χ4n) is 2.03. The van der Waals surface area contributed by atoms with E-state index in [1.165, 1.54) is 0 Å². The summed E-state index contributed by atoms with van der Waals surface area (Å²) in [7, 11) is 0. The highest BCUT2D eigenvalue weighted by Gasteiger charge is 2.04. The molecule has 0 heterocycles.